The number of ether oxygens (including phenoxy) is 1. The third kappa shape index (κ3) is 6.01. The zero-order valence-electron chi connectivity index (χ0n) is 20.8. The van der Waals surface area contributed by atoms with Gasteiger partial charge in [0, 0.05) is 37.4 Å². The highest BCUT2D eigenvalue weighted by Crippen LogP contribution is 2.29. The number of para-hydroxylation sites is 1. The van der Waals surface area contributed by atoms with Crippen molar-refractivity contribution in [2.75, 3.05) is 26.2 Å². The molecule has 1 aliphatic carbocycles. The molecular formula is C26H35N5O4. The molecule has 9 heteroatoms. The summed E-state index contributed by atoms with van der Waals surface area (Å²) in [4.78, 5) is 39.7. The molecule has 2 aromatic rings. The molecule has 1 fully saturated rings. The number of benzene rings is 1. The second-order valence-electron chi connectivity index (χ2n) is 10.2. The number of piperidine rings is 1. The van der Waals surface area contributed by atoms with Gasteiger partial charge >= 0.3 is 6.09 Å². The van der Waals surface area contributed by atoms with Crippen molar-refractivity contribution in [2.45, 2.75) is 58.5 Å². The fraction of sp³-hybridized carbons (Fsp3) is 0.538. The summed E-state index contributed by atoms with van der Waals surface area (Å²) >= 11 is 0. The van der Waals surface area contributed by atoms with Gasteiger partial charge in [0.15, 0.2) is 5.69 Å². The first-order chi connectivity index (χ1) is 16.7. The summed E-state index contributed by atoms with van der Waals surface area (Å²) in [5.41, 5.74) is 3.06. The standard InChI is InChI=1S/C26H35N5O4/c1-26(2,3)35-25(34)28-15-14-27-23(32)18-9-8-16-30(17-18)24(33)22-20-12-7-13-21(20)31(29-22)19-10-5-4-6-11-19/h4-6,10-11,18H,7-9,12-17H2,1-3H3,(H,27,32)(H,28,34). The predicted molar refractivity (Wildman–Crippen MR) is 131 cm³/mol. The molecule has 1 aromatic carbocycles. The van der Waals surface area contributed by atoms with Crippen molar-refractivity contribution in [3.05, 3.63) is 47.3 Å². The number of carbonyl (C=O) groups excluding carboxylic acids is 3. The lowest BCUT2D eigenvalue weighted by Gasteiger charge is -2.31. The first-order valence-electron chi connectivity index (χ1n) is 12.4. The van der Waals surface area contributed by atoms with E-state index in [1.165, 1.54) is 0 Å². The Morgan fingerprint density at radius 1 is 1.06 bits per heavy atom. The van der Waals surface area contributed by atoms with Gasteiger partial charge in [0.25, 0.3) is 5.91 Å². The van der Waals surface area contributed by atoms with Crippen LogP contribution in [0.15, 0.2) is 30.3 Å². The van der Waals surface area contributed by atoms with E-state index in [4.69, 9.17) is 9.84 Å². The van der Waals surface area contributed by atoms with E-state index in [1.807, 2.05) is 35.0 Å². The average Bonchev–Trinajstić information content (AvgIpc) is 3.44. The van der Waals surface area contributed by atoms with Gasteiger partial charge in [-0.25, -0.2) is 9.48 Å². The molecule has 2 aliphatic rings. The van der Waals surface area contributed by atoms with Crippen LogP contribution in [0, 0.1) is 5.92 Å². The summed E-state index contributed by atoms with van der Waals surface area (Å²) in [6.45, 7) is 6.96. The summed E-state index contributed by atoms with van der Waals surface area (Å²) in [7, 11) is 0. The Balaban J connectivity index is 1.34. The van der Waals surface area contributed by atoms with Gasteiger partial charge in [-0.2, -0.15) is 5.10 Å². The lowest BCUT2D eigenvalue weighted by molar-refractivity contribution is -0.126. The van der Waals surface area contributed by atoms with Crippen LogP contribution >= 0.6 is 0 Å². The summed E-state index contributed by atoms with van der Waals surface area (Å²) in [6, 6.07) is 9.90. The van der Waals surface area contributed by atoms with Gasteiger partial charge in [-0.15, -0.1) is 0 Å². The molecule has 0 radical (unpaired) electrons. The molecule has 3 amide bonds. The van der Waals surface area contributed by atoms with Crippen LogP contribution < -0.4 is 10.6 Å². The van der Waals surface area contributed by atoms with E-state index in [1.54, 1.807) is 25.7 Å². The molecule has 2 N–H and O–H groups in total. The van der Waals surface area contributed by atoms with Gasteiger partial charge < -0.3 is 20.3 Å². The number of aromatic nitrogens is 2. The lowest BCUT2D eigenvalue weighted by atomic mass is 9.96. The Morgan fingerprint density at radius 3 is 2.54 bits per heavy atom. The highest BCUT2D eigenvalue weighted by molar-refractivity contribution is 5.95. The molecule has 1 unspecified atom stereocenters. The molecule has 2 heterocycles. The number of amides is 3. The van der Waals surface area contributed by atoms with Crippen LogP contribution in [-0.2, 0) is 22.4 Å². The van der Waals surface area contributed by atoms with E-state index in [9.17, 15) is 14.4 Å². The zero-order valence-corrected chi connectivity index (χ0v) is 20.8. The van der Waals surface area contributed by atoms with Crippen molar-refractivity contribution in [3.63, 3.8) is 0 Å². The van der Waals surface area contributed by atoms with E-state index in [2.05, 4.69) is 10.6 Å². The maximum Gasteiger partial charge on any atom is 0.407 e. The molecule has 9 nitrogen and oxygen atoms in total. The van der Waals surface area contributed by atoms with Gasteiger partial charge in [0.1, 0.15) is 5.60 Å². The Kier molecular flexibility index (Phi) is 7.42. The van der Waals surface area contributed by atoms with E-state index in [-0.39, 0.29) is 24.3 Å². The molecule has 1 aromatic heterocycles. The largest absolute Gasteiger partial charge is 0.444 e. The number of rotatable bonds is 6. The number of carbonyl (C=O) groups is 3. The molecule has 188 valence electrons. The number of hydrogen-bond acceptors (Lipinski definition) is 5. The van der Waals surface area contributed by atoms with Crippen LogP contribution in [-0.4, -0.2) is 64.4 Å². The summed E-state index contributed by atoms with van der Waals surface area (Å²) in [5, 5.41) is 10.2. The fourth-order valence-corrected chi connectivity index (χ4v) is 4.73. The average molecular weight is 482 g/mol. The van der Waals surface area contributed by atoms with Crippen molar-refractivity contribution < 1.29 is 19.1 Å². The predicted octanol–water partition coefficient (Wildman–Crippen LogP) is 2.85. The van der Waals surface area contributed by atoms with Crippen LogP contribution in [0.4, 0.5) is 4.79 Å². The number of hydrogen-bond donors (Lipinski definition) is 2. The molecule has 1 saturated heterocycles. The Labute approximate surface area is 206 Å². The molecule has 0 spiro atoms. The van der Waals surface area contributed by atoms with Gasteiger partial charge in [-0.3, -0.25) is 9.59 Å². The van der Waals surface area contributed by atoms with Gasteiger partial charge in [-0.1, -0.05) is 18.2 Å². The van der Waals surface area contributed by atoms with Crippen molar-refractivity contribution in [2.24, 2.45) is 5.92 Å². The number of nitrogens with zero attached hydrogens (tertiary/aromatic N) is 3. The Hall–Kier alpha value is -3.36. The number of alkyl carbamates (subject to hydrolysis) is 1. The van der Waals surface area contributed by atoms with E-state index in [0.29, 0.717) is 25.3 Å². The van der Waals surface area contributed by atoms with Gasteiger partial charge in [-0.05, 0) is 65.0 Å². The normalized spacial score (nSPS) is 17.6. The van der Waals surface area contributed by atoms with Crippen LogP contribution in [0.2, 0.25) is 0 Å². The third-order valence-electron chi connectivity index (χ3n) is 6.31. The highest BCUT2D eigenvalue weighted by Gasteiger charge is 2.33. The number of likely N-dealkylation sites (tertiary alicyclic amines) is 1. The maximum absolute atomic E-state index is 13.5. The van der Waals surface area contributed by atoms with Crippen LogP contribution in [0.5, 0.6) is 0 Å². The molecular weight excluding hydrogens is 446 g/mol. The summed E-state index contributed by atoms with van der Waals surface area (Å²) in [6.07, 6.45) is 3.76. The number of fused-ring (bicyclic) bond motifs is 1. The Bertz CT molecular complexity index is 1070. The zero-order chi connectivity index (χ0) is 25.0. The van der Waals surface area contributed by atoms with E-state index in [0.717, 1.165) is 49.0 Å². The molecule has 1 aliphatic heterocycles. The van der Waals surface area contributed by atoms with Crippen LogP contribution in [0.25, 0.3) is 5.69 Å². The Morgan fingerprint density at radius 2 is 1.80 bits per heavy atom. The molecule has 4 rings (SSSR count). The van der Waals surface area contributed by atoms with Gasteiger partial charge in [0.05, 0.1) is 11.6 Å². The minimum atomic E-state index is -0.567. The first kappa shape index (κ1) is 24.8. The van der Waals surface area contributed by atoms with Crippen molar-refractivity contribution in [1.82, 2.24) is 25.3 Å². The molecule has 0 saturated carbocycles. The van der Waals surface area contributed by atoms with Gasteiger partial charge in [0.2, 0.25) is 5.91 Å². The molecule has 1 atom stereocenters. The lowest BCUT2D eigenvalue weighted by Crippen LogP contribution is -2.47. The monoisotopic (exact) mass is 481 g/mol. The smallest absolute Gasteiger partial charge is 0.407 e. The molecule has 0 bridgehead atoms. The maximum atomic E-state index is 13.5. The quantitative estimate of drug-likeness (QED) is 0.618. The van der Waals surface area contributed by atoms with Crippen molar-refractivity contribution in [3.8, 4) is 5.69 Å². The third-order valence-corrected chi connectivity index (χ3v) is 6.31. The fourth-order valence-electron chi connectivity index (χ4n) is 4.73. The summed E-state index contributed by atoms with van der Waals surface area (Å²) in [5.74, 6) is -0.478. The topological polar surface area (TPSA) is 106 Å². The van der Waals surface area contributed by atoms with Crippen molar-refractivity contribution in [1.29, 1.82) is 0 Å². The second kappa shape index (κ2) is 10.5. The SMILES string of the molecule is CC(C)(C)OC(=O)NCCNC(=O)C1CCCN(C(=O)c2nn(-c3ccccc3)c3c2CCC3)C1. The van der Waals surface area contributed by atoms with Crippen molar-refractivity contribution >= 4 is 17.9 Å². The molecule has 35 heavy (non-hydrogen) atoms. The minimum Gasteiger partial charge on any atom is -0.444 e. The van der Waals surface area contributed by atoms with E-state index >= 15 is 0 Å². The highest BCUT2D eigenvalue weighted by atomic mass is 16.6. The number of nitrogens with one attached hydrogen (secondary N) is 2. The van der Waals surface area contributed by atoms with Crippen LogP contribution in [0.1, 0.15) is 61.8 Å². The summed E-state index contributed by atoms with van der Waals surface area (Å²) < 4.78 is 7.09. The minimum absolute atomic E-state index is 0.0954. The van der Waals surface area contributed by atoms with E-state index < -0.39 is 11.7 Å². The second-order valence-corrected chi connectivity index (χ2v) is 10.2. The first-order valence-corrected chi connectivity index (χ1v) is 12.4. The van der Waals surface area contributed by atoms with Crippen LogP contribution in [0.3, 0.4) is 0 Å².